The van der Waals surface area contributed by atoms with Crippen molar-refractivity contribution < 1.29 is 4.52 Å². The Labute approximate surface area is 176 Å². The van der Waals surface area contributed by atoms with Gasteiger partial charge in [0.15, 0.2) is 11.1 Å². The molecular formula is C17H29IN6OS. The van der Waals surface area contributed by atoms with Gasteiger partial charge in [-0.15, -0.1) is 35.3 Å². The molecule has 0 radical (unpaired) electrons. The highest BCUT2D eigenvalue weighted by Gasteiger charge is 2.13. The molecule has 0 saturated heterocycles. The summed E-state index contributed by atoms with van der Waals surface area (Å²) < 4.78 is 5.41. The van der Waals surface area contributed by atoms with Gasteiger partial charge in [-0.05, 0) is 13.3 Å². The second kappa shape index (κ2) is 11.4. The van der Waals surface area contributed by atoms with Crippen LogP contribution < -0.4 is 15.5 Å². The summed E-state index contributed by atoms with van der Waals surface area (Å²) in [5.74, 6) is 1.69. The summed E-state index contributed by atoms with van der Waals surface area (Å²) in [5.41, 5.74) is 3.10. The number of nitrogens with zero attached hydrogens (tertiary/aromatic N) is 4. The summed E-state index contributed by atoms with van der Waals surface area (Å²) in [4.78, 5) is 11.3. The van der Waals surface area contributed by atoms with E-state index >= 15 is 0 Å². The predicted octanol–water partition coefficient (Wildman–Crippen LogP) is 3.20. The maximum Gasteiger partial charge on any atom is 0.191 e. The van der Waals surface area contributed by atoms with Gasteiger partial charge in [-0.2, -0.15) is 0 Å². The number of aryl methyl sites for hydroxylation is 2. The number of thiazole rings is 1. The Morgan fingerprint density at radius 2 is 2.00 bits per heavy atom. The third kappa shape index (κ3) is 6.11. The van der Waals surface area contributed by atoms with E-state index in [1.54, 1.807) is 11.3 Å². The van der Waals surface area contributed by atoms with Gasteiger partial charge in [0.2, 0.25) is 0 Å². The normalized spacial score (nSPS) is 11.2. The Morgan fingerprint density at radius 1 is 1.23 bits per heavy atom. The lowest BCUT2D eigenvalue weighted by atomic mass is 10.1. The number of aromatic nitrogens is 2. The minimum absolute atomic E-state index is 0. The van der Waals surface area contributed by atoms with Crippen molar-refractivity contribution in [1.29, 1.82) is 0 Å². The number of anilines is 1. The zero-order chi connectivity index (χ0) is 18.2. The highest BCUT2D eigenvalue weighted by molar-refractivity contribution is 14.0. The summed E-state index contributed by atoms with van der Waals surface area (Å²) in [5, 5.41) is 13.8. The third-order valence-corrected chi connectivity index (χ3v) is 4.76. The van der Waals surface area contributed by atoms with Crippen molar-refractivity contribution in [2.24, 2.45) is 4.99 Å². The van der Waals surface area contributed by atoms with Crippen LogP contribution in [0.15, 0.2) is 14.9 Å². The molecule has 0 fully saturated rings. The molecule has 2 heterocycles. The molecule has 0 bridgehead atoms. The van der Waals surface area contributed by atoms with Crippen molar-refractivity contribution >= 4 is 46.4 Å². The molecule has 0 aromatic carbocycles. The van der Waals surface area contributed by atoms with Gasteiger partial charge >= 0.3 is 0 Å². The number of hydrogen-bond acceptors (Lipinski definition) is 6. The molecule has 0 aliphatic rings. The fourth-order valence-corrected chi connectivity index (χ4v) is 3.13. The monoisotopic (exact) mass is 492 g/mol. The van der Waals surface area contributed by atoms with E-state index in [1.807, 2.05) is 19.0 Å². The summed E-state index contributed by atoms with van der Waals surface area (Å²) >= 11 is 1.64. The molecule has 0 unspecified atom stereocenters. The first-order valence-corrected chi connectivity index (χ1v) is 9.57. The Balaban J connectivity index is 0.00000338. The van der Waals surface area contributed by atoms with E-state index in [4.69, 9.17) is 4.52 Å². The fraction of sp³-hybridized carbons (Fsp3) is 0.588. The SMILES string of the molecule is CCNC(=NCc1c(CC)noc1CC)NCc1csc(N(C)C)n1.I. The van der Waals surface area contributed by atoms with Crippen LogP contribution in [-0.4, -0.2) is 36.7 Å². The summed E-state index contributed by atoms with van der Waals surface area (Å²) in [6.07, 6.45) is 1.68. The topological polar surface area (TPSA) is 78.6 Å². The average molecular weight is 492 g/mol. The standard InChI is InChI=1S/C17H28N6OS.HI/c1-6-14-13(15(7-2)24-22-14)10-20-16(18-8-3)19-9-12-11-25-17(21-12)23(4)5;/h11H,6-10H2,1-5H3,(H2,18,19,20);1H. The molecule has 9 heteroatoms. The van der Waals surface area contributed by atoms with Gasteiger partial charge in [0.1, 0.15) is 5.76 Å². The third-order valence-electron chi connectivity index (χ3n) is 3.71. The van der Waals surface area contributed by atoms with E-state index in [1.165, 1.54) is 0 Å². The smallest absolute Gasteiger partial charge is 0.191 e. The predicted molar refractivity (Wildman–Crippen MR) is 119 cm³/mol. The second-order valence-electron chi connectivity index (χ2n) is 5.80. The number of halogens is 1. The van der Waals surface area contributed by atoms with Crippen LogP contribution in [0, 0.1) is 0 Å². The van der Waals surface area contributed by atoms with Gasteiger partial charge < -0.3 is 20.1 Å². The molecule has 146 valence electrons. The molecule has 0 atom stereocenters. The van der Waals surface area contributed by atoms with Crippen molar-refractivity contribution in [2.45, 2.75) is 46.7 Å². The van der Waals surface area contributed by atoms with Crippen LogP contribution in [-0.2, 0) is 25.9 Å². The molecule has 0 saturated carbocycles. The van der Waals surface area contributed by atoms with Gasteiger partial charge in [0, 0.05) is 38.0 Å². The number of hydrogen-bond donors (Lipinski definition) is 2. The van der Waals surface area contributed by atoms with E-state index < -0.39 is 0 Å². The van der Waals surface area contributed by atoms with E-state index in [0.29, 0.717) is 13.1 Å². The number of nitrogens with one attached hydrogen (secondary N) is 2. The van der Waals surface area contributed by atoms with Gasteiger partial charge in [-0.3, -0.25) is 0 Å². The molecule has 7 nitrogen and oxygen atoms in total. The van der Waals surface area contributed by atoms with Crippen molar-refractivity contribution in [3.05, 3.63) is 28.1 Å². The van der Waals surface area contributed by atoms with Gasteiger partial charge in [-0.1, -0.05) is 19.0 Å². The van der Waals surface area contributed by atoms with E-state index in [-0.39, 0.29) is 24.0 Å². The zero-order valence-electron chi connectivity index (χ0n) is 16.1. The number of aliphatic imine (C=N–C) groups is 1. The van der Waals surface area contributed by atoms with Crippen LogP contribution in [0.1, 0.15) is 43.5 Å². The van der Waals surface area contributed by atoms with Crippen LogP contribution in [0.25, 0.3) is 0 Å². The quantitative estimate of drug-likeness (QED) is 0.335. The largest absolute Gasteiger partial charge is 0.361 e. The van der Waals surface area contributed by atoms with E-state index in [9.17, 15) is 0 Å². The van der Waals surface area contributed by atoms with Gasteiger partial charge in [0.05, 0.1) is 24.5 Å². The first kappa shape index (κ1) is 22.7. The lowest BCUT2D eigenvalue weighted by molar-refractivity contribution is 0.380. The Hall–Kier alpha value is -1.36. The highest BCUT2D eigenvalue weighted by Crippen LogP contribution is 2.18. The Morgan fingerprint density at radius 3 is 2.58 bits per heavy atom. The average Bonchev–Trinajstić information content (AvgIpc) is 3.23. The van der Waals surface area contributed by atoms with Crippen LogP contribution in [0.3, 0.4) is 0 Å². The van der Waals surface area contributed by atoms with Crippen LogP contribution in [0.4, 0.5) is 5.13 Å². The lowest BCUT2D eigenvalue weighted by Crippen LogP contribution is -2.36. The van der Waals surface area contributed by atoms with Crippen LogP contribution in [0.2, 0.25) is 0 Å². The maximum absolute atomic E-state index is 5.41. The van der Waals surface area contributed by atoms with Crippen molar-refractivity contribution in [1.82, 2.24) is 20.8 Å². The first-order valence-electron chi connectivity index (χ1n) is 8.69. The van der Waals surface area contributed by atoms with Crippen molar-refractivity contribution in [3.8, 4) is 0 Å². The second-order valence-corrected chi connectivity index (χ2v) is 6.64. The molecule has 0 aliphatic heterocycles. The van der Waals surface area contributed by atoms with Gasteiger partial charge in [-0.25, -0.2) is 9.98 Å². The zero-order valence-corrected chi connectivity index (χ0v) is 19.3. The van der Waals surface area contributed by atoms with Crippen LogP contribution in [0.5, 0.6) is 0 Å². The van der Waals surface area contributed by atoms with E-state index in [0.717, 1.165) is 53.2 Å². The summed E-state index contributed by atoms with van der Waals surface area (Å²) in [6, 6.07) is 0. The van der Waals surface area contributed by atoms with Crippen molar-refractivity contribution in [2.75, 3.05) is 25.5 Å². The fourth-order valence-electron chi connectivity index (χ4n) is 2.37. The molecular weight excluding hydrogens is 463 g/mol. The van der Waals surface area contributed by atoms with Crippen molar-refractivity contribution in [3.63, 3.8) is 0 Å². The summed E-state index contributed by atoms with van der Waals surface area (Å²) in [6.45, 7) is 8.21. The molecule has 2 rings (SSSR count). The molecule has 2 aromatic heterocycles. The molecule has 0 amide bonds. The summed E-state index contributed by atoms with van der Waals surface area (Å²) in [7, 11) is 3.99. The highest BCUT2D eigenvalue weighted by atomic mass is 127. The molecule has 26 heavy (non-hydrogen) atoms. The number of rotatable bonds is 8. The first-order chi connectivity index (χ1) is 12.1. The molecule has 0 spiro atoms. The molecule has 2 N–H and O–H groups in total. The minimum atomic E-state index is 0. The maximum atomic E-state index is 5.41. The van der Waals surface area contributed by atoms with Gasteiger partial charge in [0.25, 0.3) is 0 Å². The van der Waals surface area contributed by atoms with Crippen LogP contribution >= 0.6 is 35.3 Å². The van der Waals surface area contributed by atoms with E-state index in [2.05, 4.69) is 51.9 Å². The minimum Gasteiger partial charge on any atom is -0.361 e. The number of guanidine groups is 1. The lowest BCUT2D eigenvalue weighted by Gasteiger charge is -2.10. The molecule has 2 aromatic rings. The molecule has 0 aliphatic carbocycles. The Bertz CT molecular complexity index is 676. The Kier molecular flexibility index (Phi) is 9.92.